The molecule has 7 nitrogen and oxygen atoms in total. The molecule has 0 bridgehead atoms. The van der Waals surface area contributed by atoms with Crippen molar-refractivity contribution in [2.24, 2.45) is 4.99 Å². The molecule has 0 aliphatic carbocycles. The summed E-state index contributed by atoms with van der Waals surface area (Å²) < 4.78 is 29.5. The topological polar surface area (TPSA) is 91.8 Å². The van der Waals surface area contributed by atoms with Gasteiger partial charge in [-0.25, -0.2) is 13.1 Å². The second kappa shape index (κ2) is 10.1. The average Bonchev–Trinajstić information content (AvgIpc) is 2.56. The van der Waals surface area contributed by atoms with Gasteiger partial charge >= 0.3 is 0 Å². The van der Waals surface area contributed by atoms with Crippen LogP contribution in [-0.4, -0.2) is 54.4 Å². The lowest BCUT2D eigenvalue weighted by atomic mass is 9.98. The predicted molar refractivity (Wildman–Crippen MR) is 98.2 cm³/mol. The lowest BCUT2D eigenvalue weighted by Gasteiger charge is -2.15. The van der Waals surface area contributed by atoms with Crippen molar-refractivity contribution in [1.29, 1.82) is 0 Å². The fourth-order valence-corrected chi connectivity index (χ4v) is 2.62. The second-order valence-electron chi connectivity index (χ2n) is 5.56. The molecule has 8 heteroatoms. The number of nitrogens with one attached hydrogen (secondary N) is 3. The van der Waals surface area contributed by atoms with E-state index >= 15 is 0 Å². The largest absolute Gasteiger partial charge is 0.497 e. The van der Waals surface area contributed by atoms with Crippen LogP contribution in [0.5, 0.6) is 5.75 Å². The van der Waals surface area contributed by atoms with Crippen molar-refractivity contribution < 1.29 is 13.2 Å². The zero-order valence-corrected chi connectivity index (χ0v) is 15.6. The van der Waals surface area contributed by atoms with Gasteiger partial charge in [-0.2, -0.15) is 0 Å². The Hall–Kier alpha value is -1.80. The van der Waals surface area contributed by atoms with Crippen LogP contribution in [0.2, 0.25) is 0 Å². The van der Waals surface area contributed by atoms with Crippen LogP contribution in [0.4, 0.5) is 0 Å². The number of methoxy groups -OCH3 is 1. The number of nitrogens with zero attached hydrogens (tertiary/aromatic N) is 1. The predicted octanol–water partition coefficient (Wildman–Crippen LogP) is 0.903. The van der Waals surface area contributed by atoms with Crippen LogP contribution < -0.4 is 20.1 Å². The molecule has 0 radical (unpaired) electrons. The van der Waals surface area contributed by atoms with E-state index in [4.69, 9.17) is 4.74 Å². The number of sulfonamides is 1. The van der Waals surface area contributed by atoms with E-state index in [0.717, 1.165) is 25.0 Å². The highest BCUT2D eigenvalue weighted by atomic mass is 32.2. The molecule has 1 unspecified atom stereocenters. The first-order valence-electron chi connectivity index (χ1n) is 7.89. The maximum atomic E-state index is 11.0. The maximum absolute atomic E-state index is 11.0. The summed E-state index contributed by atoms with van der Waals surface area (Å²) in [5.74, 6) is 1.93. The number of hydrogen-bond acceptors (Lipinski definition) is 4. The maximum Gasteiger partial charge on any atom is 0.208 e. The van der Waals surface area contributed by atoms with Crippen LogP contribution in [0.3, 0.4) is 0 Å². The monoisotopic (exact) mass is 356 g/mol. The quantitative estimate of drug-likeness (QED) is 0.347. The molecule has 0 heterocycles. The van der Waals surface area contributed by atoms with Gasteiger partial charge in [0, 0.05) is 26.7 Å². The standard InChI is InChI=1S/C16H28N4O3S/c1-13(14-5-7-15(23-3)8-6-14)9-10-18-16(17-2)19-11-12-20-24(4,21)22/h5-8,13,20H,9-12H2,1-4H3,(H2,17,18,19). The highest BCUT2D eigenvalue weighted by Crippen LogP contribution is 2.21. The highest BCUT2D eigenvalue weighted by Gasteiger charge is 2.06. The summed E-state index contributed by atoms with van der Waals surface area (Å²) in [5.41, 5.74) is 1.26. The third kappa shape index (κ3) is 8.16. The number of rotatable bonds is 9. The summed E-state index contributed by atoms with van der Waals surface area (Å²) in [7, 11) is 0.194. The molecule has 1 atom stereocenters. The van der Waals surface area contributed by atoms with E-state index in [1.54, 1.807) is 14.2 Å². The zero-order valence-electron chi connectivity index (χ0n) is 14.8. The van der Waals surface area contributed by atoms with Crippen LogP contribution in [-0.2, 0) is 10.0 Å². The Morgan fingerprint density at radius 1 is 1.17 bits per heavy atom. The Morgan fingerprint density at radius 2 is 1.79 bits per heavy atom. The van der Waals surface area contributed by atoms with Gasteiger partial charge in [-0.1, -0.05) is 19.1 Å². The number of aliphatic imine (C=N–C) groups is 1. The fraction of sp³-hybridized carbons (Fsp3) is 0.562. The molecule has 0 spiro atoms. The molecule has 0 aliphatic heterocycles. The highest BCUT2D eigenvalue weighted by molar-refractivity contribution is 7.88. The Bertz CT molecular complexity index is 615. The van der Waals surface area contributed by atoms with E-state index in [-0.39, 0.29) is 0 Å². The first-order valence-corrected chi connectivity index (χ1v) is 9.78. The van der Waals surface area contributed by atoms with Crippen molar-refractivity contribution in [3.05, 3.63) is 29.8 Å². The van der Waals surface area contributed by atoms with E-state index in [0.29, 0.717) is 25.0 Å². The van der Waals surface area contributed by atoms with Crippen LogP contribution >= 0.6 is 0 Å². The normalized spacial score (nSPS) is 13.4. The Labute approximate surface area is 145 Å². The van der Waals surface area contributed by atoms with Crippen LogP contribution in [0.15, 0.2) is 29.3 Å². The van der Waals surface area contributed by atoms with Crippen LogP contribution in [0.25, 0.3) is 0 Å². The molecule has 0 aromatic heterocycles. The van der Waals surface area contributed by atoms with Crippen molar-refractivity contribution in [2.75, 3.05) is 40.0 Å². The van der Waals surface area contributed by atoms with Crippen molar-refractivity contribution in [1.82, 2.24) is 15.4 Å². The minimum atomic E-state index is -3.15. The lowest BCUT2D eigenvalue weighted by molar-refractivity contribution is 0.414. The number of benzene rings is 1. The van der Waals surface area contributed by atoms with Crippen molar-refractivity contribution in [3.8, 4) is 5.75 Å². The molecule has 0 saturated heterocycles. The van der Waals surface area contributed by atoms with E-state index in [1.807, 2.05) is 12.1 Å². The van der Waals surface area contributed by atoms with E-state index in [2.05, 4.69) is 39.4 Å². The van der Waals surface area contributed by atoms with Crippen molar-refractivity contribution in [3.63, 3.8) is 0 Å². The van der Waals surface area contributed by atoms with Gasteiger partial charge in [0.05, 0.1) is 13.4 Å². The molecule has 0 amide bonds. The first kappa shape index (κ1) is 20.2. The SMILES string of the molecule is CN=C(NCCNS(C)(=O)=O)NCCC(C)c1ccc(OC)cc1. The van der Waals surface area contributed by atoms with Gasteiger partial charge < -0.3 is 15.4 Å². The number of hydrogen-bond donors (Lipinski definition) is 3. The summed E-state index contributed by atoms with van der Waals surface area (Å²) in [6.07, 6.45) is 2.09. The molecule has 1 aromatic carbocycles. The van der Waals surface area contributed by atoms with Crippen LogP contribution in [0, 0.1) is 0 Å². The number of guanidine groups is 1. The molecular formula is C16H28N4O3S. The summed E-state index contributed by atoms with van der Waals surface area (Å²) >= 11 is 0. The van der Waals surface area contributed by atoms with Gasteiger partial charge in [0.2, 0.25) is 10.0 Å². The molecule has 136 valence electrons. The van der Waals surface area contributed by atoms with E-state index in [9.17, 15) is 8.42 Å². The van der Waals surface area contributed by atoms with E-state index < -0.39 is 10.0 Å². The third-order valence-electron chi connectivity index (χ3n) is 3.56. The van der Waals surface area contributed by atoms with Gasteiger partial charge in [-0.3, -0.25) is 4.99 Å². The Balaban J connectivity index is 2.30. The fourth-order valence-electron chi connectivity index (χ4n) is 2.14. The van der Waals surface area contributed by atoms with Gasteiger partial charge in [0.1, 0.15) is 5.75 Å². The Morgan fingerprint density at radius 3 is 2.33 bits per heavy atom. The molecule has 1 rings (SSSR count). The van der Waals surface area contributed by atoms with Crippen molar-refractivity contribution in [2.45, 2.75) is 19.3 Å². The minimum Gasteiger partial charge on any atom is -0.497 e. The average molecular weight is 356 g/mol. The smallest absolute Gasteiger partial charge is 0.208 e. The molecule has 0 aliphatic rings. The van der Waals surface area contributed by atoms with Gasteiger partial charge in [-0.05, 0) is 30.0 Å². The minimum absolute atomic E-state index is 0.321. The Kier molecular flexibility index (Phi) is 8.56. The summed E-state index contributed by atoms with van der Waals surface area (Å²) in [5, 5.41) is 6.29. The second-order valence-corrected chi connectivity index (χ2v) is 7.39. The van der Waals surface area contributed by atoms with Crippen molar-refractivity contribution >= 4 is 16.0 Å². The van der Waals surface area contributed by atoms with E-state index in [1.165, 1.54) is 5.56 Å². The summed E-state index contributed by atoms with van der Waals surface area (Å²) in [6.45, 7) is 3.74. The molecular weight excluding hydrogens is 328 g/mol. The third-order valence-corrected chi connectivity index (χ3v) is 4.29. The first-order chi connectivity index (χ1) is 11.4. The zero-order chi connectivity index (χ0) is 18.0. The van der Waals surface area contributed by atoms with Gasteiger partial charge in [-0.15, -0.1) is 0 Å². The molecule has 1 aromatic rings. The lowest BCUT2D eigenvalue weighted by Crippen LogP contribution is -2.41. The molecule has 3 N–H and O–H groups in total. The summed E-state index contributed by atoms with van der Waals surface area (Å²) in [6, 6.07) is 8.09. The van der Waals surface area contributed by atoms with Gasteiger partial charge in [0.15, 0.2) is 5.96 Å². The molecule has 24 heavy (non-hydrogen) atoms. The molecule has 0 saturated carbocycles. The summed E-state index contributed by atoms with van der Waals surface area (Å²) in [4.78, 5) is 4.11. The number of ether oxygens (including phenoxy) is 1. The molecule has 0 fully saturated rings. The van der Waals surface area contributed by atoms with Gasteiger partial charge in [0.25, 0.3) is 0 Å². The van der Waals surface area contributed by atoms with Crippen LogP contribution in [0.1, 0.15) is 24.8 Å².